The molecule has 0 aromatic heterocycles. The summed E-state index contributed by atoms with van der Waals surface area (Å²) in [6.45, 7) is 8.85. The number of amides is 2. The summed E-state index contributed by atoms with van der Waals surface area (Å²) < 4.78 is 0. The van der Waals surface area contributed by atoms with E-state index >= 15 is 0 Å². The van der Waals surface area contributed by atoms with Crippen LogP contribution in [0.1, 0.15) is 23.1 Å². The highest BCUT2D eigenvalue weighted by Gasteiger charge is 2.26. The van der Waals surface area contributed by atoms with Crippen LogP contribution in [0.5, 0.6) is 0 Å². The Morgan fingerprint density at radius 3 is 2.19 bits per heavy atom. The maximum absolute atomic E-state index is 13.0. The number of para-hydroxylation sites is 2. The van der Waals surface area contributed by atoms with Gasteiger partial charge in [0, 0.05) is 44.1 Å². The number of benzene rings is 2. The van der Waals surface area contributed by atoms with E-state index in [9.17, 15) is 9.59 Å². The molecule has 2 aliphatic heterocycles. The van der Waals surface area contributed by atoms with Crippen molar-refractivity contribution in [2.75, 3.05) is 56.0 Å². The number of rotatable bonds is 5. The molecule has 1 saturated heterocycles. The SMILES string of the molecule is Cc1cccc(C)c1NC(=O)CN1CCN(CC(=O)N2CCCc3ccccc32)CC1. The summed E-state index contributed by atoms with van der Waals surface area (Å²) in [5, 5.41) is 3.07. The van der Waals surface area contributed by atoms with Gasteiger partial charge in [-0.15, -0.1) is 0 Å². The van der Waals surface area contributed by atoms with Crippen LogP contribution in [0.4, 0.5) is 11.4 Å². The minimum Gasteiger partial charge on any atom is -0.324 e. The molecule has 164 valence electrons. The van der Waals surface area contributed by atoms with E-state index in [-0.39, 0.29) is 11.8 Å². The van der Waals surface area contributed by atoms with E-state index < -0.39 is 0 Å². The zero-order valence-electron chi connectivity index (χ0n) is 18.6. The molecule has 0 radical (unpaired) electrons. The lowest BCUT2D eigenvalue weighted by molar-refractivity contribution is -0.121. The minimum atomic E-state index is 0.0202. The normalized spacial score (nSPS) is 17.3. The second-order valence-electron chi connectivity index (χ2n) is 8.64. The Morgan fingerprint density at radius 1 is 0.839 bits per heavy atom. The van der Waals surface area contributed by atoms with Crippen LogP contribution in [0.25, 0.3) is 0 Å². The van der Waals surface area contributed by atoms with Crippen molar-refractivity contribution in [3.8, 4) is 0 Å². The smallest absolute Gasteiger partial charge is 0.241 e. The number of carbonyl (C=O) groups excluding carboxylic acids is 2. The van der Waals surface area contributed by atoms with Gasteiger partial charge in [0.25, 0.3) is 0 Å². The Kier molecular flexibility index (Phi) is 6.68. The molecule has 1 fully saturated rings. The Labute approximate surface area is 184 Å². The third-order valence-corrected chi connectivity index (χ3v) is 6.35. The fraction of sp³-hybridized carbons (Fsp3) is 0.440. The average molecular weight is 421 g/mol. The van der Waals surface area contributed by atoms with Crippen LogP contribution < -0.4 is 10.2 Å². The van der Waals surface area contributed by atoms with Crippen molar-refractivity contribution in [1.82, 2.24) is 9.80 Å². The highest BCUT2D eigenvalue weighted by Crippen LogP contribution is 2.27. The Morgan fingerprint density at radius 2 is 1.48 bits per heavy atom. The molecule has 2 aromatic rings. The van der Waals surface area contributed by atoms with Crippen LogP contribution in [0.15, 0.2) is 42.5 Å². The van der Waals surface area contributed by atoms with Gasteiger partial charge in [0.2, 0.25) is 11.8 Å². The number of aryl methyl sites for hydroxylation is 3. The molecule has 0 bridgehead atoms. The second-order valence-corrected chi connectivity index (χ2v) is 8.64. The number of fused-ring (bicyclic) bond motifs is 1. The summed E-state index contributed by atoms with van der Waals surface area (Å²) in [6, 6.07) is 14.3. The predicted octanol–water partition coefficient (Wildman–Crippen LogP) is 2.84. The fourth-order valence-electron chi connectivity index (χ4n) is 4.57. The lowest BCUT2D eigenvalue weighted by atomic mass is 10.0. The lowest BCUT2D eigenvalue weighted by Crippen LogP contribution is -2.52. The number of anilines is 2. The van der Waals surface area contributed by atoms with Crippen LogP contribution in [-0.4, -0.2) is 67.4 Å². The van der Waals surface area contributed by atoms with Crippen molar-refractivity contribution < 1.29 is 9.59 Å². The van der Waals surface area contributed by atoms with Crippen molar-refractivity contribution in [3.63, 3.8) is 0 Å². The van der Waals surface area contributed by atoms with E-state index in [0.29, 0.717) is 13.1 Å². The first-order valence-corrected chi connectivity index (χ1v) is 11.2. The minimum absolute atomic E-state index is 0.0202. The molecular weight excluding hydrogens is 388 g/mol. The number of piperazine rings is 1. The van der Waals surface area contributed by atoms with E-state index in [2.05, 4.69) is 27.2 Å². The van der Waals surface area contributed by atoms with E-state index in [0.717, 1.165) is 68.1 Å². The summed E-state index contributed by atoms with van der Waals surface area (Å²) in [7, 11) is 0. The van der Waals surface area contributed by atoms with E-state index in [1.165, 1.54) is 5.56 Å². The van der Waals surface area contributed by atoms with Crippen molar-refractivity contribution in [3.05, 3.63) is 59.2 Å². The van der Waals surface area contributed by atoms with Gasteiger partial charge in [-0.25, -0.2) is 0 Å². The van der Waals surface area contributed by atoms with Gasteiger partial charge < -0.3 is 10.2 Å². The quantitative estimate of drug-likeness (QED) is 0.808. The zero-order valence-corrected chi connectivity index (χ0v) is 18.6. The average Bonchev–Trinajstić information content (AvgIpc) is 2.77. The molecular formula is C25H32N4O2. The molecule has 2 aliphatic rings. The highest BCUT2D eigenvalue weighted by atomic mass is 16.2. The van der Waals surface area contributed by atoms with E-state index in [1.807, 2.05) is 49.1 Å². The van der Waals surface area contributed by atoms with Crippen LogP contribution in [-0.2, 0) is 16.0 Å². The maximum atomic E-state index is 13.0. The zero-order chi connectivity index (χ0) is 21.8. The van der Waals surface area contributed by atoms with Crippen LogP contribution >= 0.6 is 0 Å². The molecule has 0 spiro atoms. The van der Waals surface area contributed by atoms with Gasteiger partial charge >= 0.3 is 0 Å². The molecule has 0 unspecified atom stereocenters. The Balaban J connectivity index is 1.26. The molecule has 2 amide bonds. The Hall–Kier alpha value is -2.70. The molecule has 0 saturated carbocycles. The van der Waals surface area contributed by atoms with Crippen LogP contribution in [0.3, 0.4) is 0 Å². The van der Waals surface area contributed by atoms with Gasteiger partial charge in [-0.2, -0.15) is 0 Å². The molecule has 0 atom stereocenters. The number of nitrogens with one attached hydrogen (secondary N) is 1. The van der Waals surface area contributed by atoms with Crippen molar-refractivity contribution in [1.29, 1.82) is 0 Å². The molecule has 2 aromatic carbocycles. The van der Waals surface area contributed by atoms with Crippen molar-refractivity contribution in [2.24, 2.45) is 0 Å². The van der Waals surface area contributed by atoms with Crippen molar-refractivity contribution in [2.45, 2.75) is 26.7 Å². The predicted molar refractivity (Wildman–Crippen MR) is 125 cm³/mol. The van der Waals surface area contributed by atoms with Gasteiger partial charge in [-0.3, -0.25) is 19.4 Å². The summed E-state index contributed by atoms with van der Waals surface area (Å²) in [6.07, 6.45) is 2.06. The van der Waals surface area contributed by atoms with Gasteiger partial charge in [-0.1, -0.05) is 36.4 Å². The van der Waals surface area contributed by atoms with Gasteiger partial charge in [0.05, 0.1) is 13.1 Å². The molecule has 4 rings (SSSR count). The summed E-state index contributed by atoms with van der Waals surface area (Å²) >= 11 is 0. The maximum Gasteiger partial charge on any atom is 0.241 e. The second kappa shape index (κ2) is 9.62. The number of nitrogens with zero attached hydrogens (tertiary/aromatic N) is 3. The Bertz CT molecular complexity index is 930. The van der Waals surface area contributed by atoms with Gasteiger partial charge in [0.1, 0.15) is 0 Å². The molecule has 1 N–H and O–H groups in total. The standard InChI is InChI=1S/C25H32N4O2/c1-19-7-5-8-20(2)25(19)26-23(30)17-27-13-15-28(16-14-27)18-24(31)29-12-6-10-21-9-3-4-11-22(21)29/h3-5,7-9,11H,6,10,12-18H2,1-2H3,(H,26,30). The topological polar surface area (TPSA) is 55.9 Å². The third kappa shape index (κ3) is 5.14. The number of hydrogen-bond donors (Lipinski definition) is 1. The van der Waals surface area contributed by atoms with E-state index in [4.69, 9.17) is 0 Å². The van der Waals surface area contributed by atoms with Crippen molar-refractivity contribution >= 4 is 23.2 Å². The first-order chi connectivity index (χ1) is 15.0. The van der Waals surface area contributed by atoms with Crippen LogP contribution in [0, 0.1) is 13.8 Å². The fourth-order valence-corrected chi connectivity index (χ4v) is 4.57. The number of carbonyl (C=O) groups is 2. The number of hydrogen-bond acceptors (Lipinski definition) is 4. The molecule has 0 aliphatic carbocycles. The van der Waals surface area contributed by atoms with Gasteiger partial charge in [-0.05, 0) is 49.4 Å². The van der Waals surface area contributed by atoms with E-state index in [1.54, 1.807) is 0 Å². The summed E-state index contributed by atoms with van der Waals surface area (Å²) in [4.78, 5) is 31.8. The first kappa shape index (κ1) is 21.5. The molecule has 31 heavy (non-hydrogen) atoms. The lowest BCUT2D eigenvalue weighted by Gasteiger charge is -2.36. The summed E-state index contributed by atoms with van der Waals surface area (Å²) in [5.74, 6) is 0.195. The highest BCUT2D eigenvalue weighted by molar-refractivity contribution is 5.96. The largest absolute Gasteiger partial charge is 0.324 e. The molecule has 2 heterocycles. The molecule has 6 heteroatoms. The van der Waals surface area contributed by atoms with Crippen LogP contribution in [0.2, 0.25) is 0 Å². The van der Waals surface area contributed by atoms with Gasteiger partial charge in [0.15, 0.2) is 0 Å². The summed E-state index contributed by atoms with van der Waals surface area (Å²) in [5.41, 5.74) is 5.41. The molecule has 6 nitrogen and oxygen atoms in total. The monoisotopic (exact) mass is 420 g/mol. The first-order valence-electron chi connectivity index (χ1n) is 11.2. The third-order valence-electron chi connectivity index (χ3n) is 6.35.